The highest BCUT2D eigenvalue weighted by atomic mass is 79.9. The number of halogens is 1. The van der Waals surface area contributed by atoms with Crippen LogP contribution in [0.4, 0.5) is 5.69 Å². The van der Waals surface area contributed by atoms with Crippen LogP contribution in [0.15, 0.2) is 41.1 Å². The van der Waals surface area contributed by atoms with Crippen LogP contribution in [0.2, 0.25) is 0 Å². The van der Waals surface area contributed by atoms with Crippen LogP contribution in [0.3, 0.4) is 0 Å². The van der Waals surface area contributed by atoms with Gasteiger partial charge in [0.15, 0.2) is 5.65 Å². The number of hydrogen-bond donors (Lipinski definition) is 1. The molecule has 7 rings (SSSR count). The molecule has 3 amide bonds. The van der Waals surface area contributed by atoms with Crippen molar-refractivity contribution >= 4 is 50.4 Å². The minimum absolute atomic E-state index is 0.0214. The summed E-state index contributed by atoms with van der Waals surface area (Å²) in [6.45, 7) is 2.02. The van der Waals surface area contributed by atoms with Crippen molar-refractivity contribution in [2.24, 2.45) is 0 Å². The van der Waals surface area contributed by atoms with E-state index in [-0.39, 0.29) is 36.3 Å². The Labute approximate surface area is 227 Å². The molecule has 1 spiro atoms. The van der Waals surface area contributed by atoms with Gasteiger partial charge in [-0.05, 0) is 43.9 Å². The number of amides is 3. The highest BCUT2D eigenvalue weighted by molar-refractivity contribution is 9.10. The molecule has 1 aromatic carbocycles. The molecule has 11 heteroatoms. The standard InChI is InChI=1S/C27H27BrN6O4/c28-20-2-1-3-21-23(20)27(26(37)33(21)13-22(35)34-18-4-5-19(34)15-38-14-18)6-8-32(9-7-27)25(36)17-10-16-12-30-31-24(16)29-11-17/h1-3,10-12,18-19H,4-9,13-15H2,(H,29,30,31). The van der Waals surface area contributed by atoms with E-state index < -0.39 is 5.41 Å². The van der Waals surface area contributed by atoms with Crippen molar-refractivity contribution in [1.82, 2.24) is 25.0 Å². The maximum absolute atomic E-state index is 14.1. The third kappa shape index (κ3) is 3.51. The lowest BCUT2D eigenvalue weighted by atomic mass is 9.73. The first-order valence-corrected chi connectivity index (χ1v) is 13.8. The summed E-state index contributed by atoms with van der Waals surface area (Å²) in [6.07, 6.45) is 6.08. The first-order valence-electron chi connectivity index (χ1n) is 13.0. The van der Waals surface area contributed by atoms with Crippen LogP contribution in [0.5, 0.6) is 0 Å². The van der Waals surface area contributed by atoms with E-state index in [1.54, 1.807) is 28.3 Å². The Morgan fingerprint density at radius 3 is 2.66 bits per heavy atom. The van der Waals surface area contributed by atoms with Gasteiger partial charge in [0.05, 0.1) is 42.5 Å². The number of ether oxygens (including phenoxy) is 1. The predicted molar refractivity (Wildman–Crippen MR) is 142 cm³/mol. The number of likely N-dealkylation sites (tertiary alicyclic amines) is 1. The Balaban J connectivity index is 1.13. The second kappa shape index (κ2) is 8.88. The Bertz CT molecular complexity index is 1450. The van der Waals surface area contributed by atoms with Gasteiger partial charge in [0.25, 0.3) is 5.91 Å². The van der Waals surface area contributed by atoms with Crippen molar-refractivity contribution in [1.29, 1.82) is 0 Å². The molecule has 0 radical (unpaired) electrons. The van der Waals surface area contributed by atoms with Gasteiger partial charge in [-0.1, -0.05) is 22.0 Å². The van der Waals surface area contributed by atoms with Crippen LogP contribution in [0.25, 0.3) is 11.0 Å². The highest BCUT2D eigenvalue weighted by Crippen LogP contribution is 2.51. The fraction of sp³-hybridized carbons (Fsp3) is 0.444. The molecule has 3 aromatic rings. The van der Waals surface area contributed by atoms with Crippen LogP contribution >= 0.6 is 15.9 Å². The van der Waals surface area contributed by atoms with E-state index in [9.17, 15) is 14.4 Å². The predicted octanol–water partition coefficient (Wildman–Crippen LogP) is 2.63. The summed E-state index contributed by atoms with van der Waals surface area (Å²) in [7, 11) is 0. The van der Waals surface area contributed by atoms with E-state index in [1.807, 2.05) is 23.1 Å². The summed E-state index contributed by atoms with van der Waals surface area (Å²) in [6, 6.07) is 7.77. The topological polar surface area (TPSA) is 112 Å². The van der Waals surface area contributed by atoms with E-state index >= 15 is 0 Å². The van der Waals surface area contributed by atoms with Crippen molar-refractivity contribution in [2.45, 2.75) is 43.2 Å². The van der Waals surface area contributed by atoms with Crippen molar-refractivity contribution in [2.75, 3.05) is 37.7 Å². The van der Waals surface area contributed by atoms with Crippen LogP contribution < -0.4 is 4.90 Å². The number of hydrogen-bond acceptors (Lipinski definition) is 6. The van der Waals surface area contributed by atoms with E-state index in [0.717, 1.165) is 34.0 Å². The fourth-order valence-corrected chi connectivity index (χ4v) is 7.52. The molecule has 3 saturated heterocycles. The molecule has 2 unspecified atom stereocenters. The van der Waals surface area contributed by atoms with Crippen molar-refractivity contribution in [3.8, 4) is 0 Å². The molecule has 0 saturated carbocycles. The number of nitrogens with zero attached hydrogens (tertiary/aromatic N) is 5. The van der Waals surface area contributed by atoms with Crippen LogP contribution in [0.1, 0.15) is 41.6 Å². The lowest BCUT2D eigenvalue weighted by Gasteiger charge is -2.39. The molecular weight excluding hydrogens is 552 g/mol. The minimum atomic E-state index is -0.775. The summed E-state index contributed by atoms with van der Waals surface area (Å²) in [5, 5.41) is 7.56. The largest absolute Gasteiger partial charge is 0.377 e. The maximum atomic E-state index is 14.1. The SMILES string of the molecule is O=C(c1cnc2[nH]ncc2c1)N1CCC2(CC1)C(=O)N(CC(=O)N1C3CCC1COC3)c1cccc(Br)c12. The number of piperidine rings is 1. The normalized spacial score (nSPS) is 23.9. The minimum Gasteiger partial charge on any atom is -0.377 e. The van der Waals surface area contributed by atoms with Crippen LogP contribution in [-0.4, -0.2) is 87.6 Å². The van der Waals surface area contributed by atoms with Crippen molar-refractivity contribution in [3.05, 3.63) is 52.3 Å². The van der Waals surface area contributed by atoms with Gasteiger partial charge in [0.2, 0.25) is 11.8 Å². The molecular formula is C27H27BrN6O4. The number of carbonyl (C=O) groups is 3. The molecule has 4 aliphatic heterocycles. The van der Waals surface area contributed by atoms with Gasteiger partial charge < -0.3 is 19.4 Å². The first-order chi connectivity index (χ1) is 18.5. The average Bonchev–Trinajstić information content (AvgIpc) is 3.57. The number of anilines is 1. The number of pyridine rings is 1. The van der Waals surface area contributed by atoms with Gasteiger partial charge in [0, 0.05) is 40.4 Å². The molecule has 2 bridgehead atoms. The van der Waals surface area contributed by atoms with Gasteiger partial charge >= 0.3 is 0 Å². The smallest absolute Gasteiger partial charge is 0.255 e. The third-order valence-corrected chi connectivity index (χ3v) is 9.34. The summed E-state index contributed by atoms with van der Waals surface area (Å²) >= 11 is 3.70. The third-order valence-electron chi connectivity index (χ3n) is 8.68. The zero-order chi connectivity index (χ0) is 26.0. The van der Waals surface area contributed by atoms with E-state index in [4.69, 9.17) is 4.74 Å². The molecule has 10 nitrogen and oxygen atoms in total. The molecule has 196 valence electrons. The van der Waals surface area contributed by atoms with Crippen LogP contribution in [-0.2, 0) is 19.7 Å². The Morgan fingerprint density at radius 2 is 1.89 bits per heavy atom. The second-order valence-corrected chi connectivity index (χ2v) is 11.5. The van der Waals surface area contributed by atoms with Crippen molar-refractivity contribution in [3.63, 3.8) is 0 Å². The van der Waals surface area contributed by atoms with Gasteiger partial charge in [-0.3, -0.25) is 19.5 Å². The monoisotopic (exact) mass is 578 g/mol. The molecule has 0 aliphatic carbocycles. The Hall–Kier alpha value is -3.31. The van der Waals surface area contributed by atoms with E-state index in [0.29, 0.717) is 50.4 Å². The molecule has 38 heavy (non-hydrogen) atoms. The number of fused-ring (bicyclic) bond motifs is 5. The number of carbonyl (C=O) groups excluding carboxylic acids is 3. The molecule has 1 N–H and O–H groups in total. The zero-order valence-corrected chi connectivity index (χ0v) is 22.3. The molecule has 4 aliphatic rings. The highest BCUT2D eigenvalue weighted by Gasteiger charge is 2.54. The number of aromatic amines is 1. The summed E-state index contributed by atoms with van der Waals surface area (Å²) in [5.74, 6) is -0.183. The average molecular weight is 579 g/mol. The van der Waals surface area contributed by atoms with Gasteiger partial charge in [0.1, 0.15) is 6.54 Å². The number of nitrogens with one attached hydrogen (secondary N) is 1. The molecule has 3 fully saturated rings. The first kappa shape index (κ1) is 23.8. The lowest BCUT2D eigenvalue weighted by Crippen LogP contribution is -2.54. The summed E-state index contributed by atoms with van der Waals surface area (Å²) < 4.78 is 6.51. The quantitative estimate of drug-likeness (QED) is 0.511. The van der Waals surface area contributed by atoms with Crippen LogP contribution in [0, 0.1) is 0 Å². The van der Waals surface area contributed by atoms with E-state index in [1.165, 1.54) is 0 Å². The second-order valence-electron chi connectivity index (χ2n) is 10.7. The van der Waals surface area contributed by atoms with Gasteiger partial charge in [-0.2, -0.15) is 5.10 Å². The van der Waals surface area contributed by atoms with E-state index in [2.05, 4.69) is 31.1 Å². The maximum Gasteiger partial charge on any atom is 0.255 e. The fourth-order valence-electron chi connectivity index (χ4n) is 6.79. The Kier molecular flexibility index (Phi) is 5.55. The van der Waals surface area contributed by atoms with Crippen molar-refractivity contribution < 1.29 is 19.1 Å². The lowest BCUT2D eigenvalue weighted by molar-refractivity contribution is -0.140. The number of aromatic nitrogens is 3. The molecule has 2 aromatic heterocycles. The number of rotatable bonds is 3. The van der Waals surface area contributed by atoms with Gasteiger partial charge in [-0.15, -0.1) is 0 Å². The number of H-pyrrole nitrogens is 1. The number of morpholine rings is 1. The zero-order valence-electron chi connectivity index (χ0n) is 20.7. The summed E-state index contributed by atoms with van der Waals surface area (Å²) in [5.41, 5.74) is 2.07. The molecule has 2 atom stereocenters. The number of benzene rings is 1. The molecule has 6 heterocycles. The Morgan fingerprint density at radius 1 is 1.13 bits per heavy atom. The van der Waals surface area contributed by atoms with Gasteiger partial charge in [-0.25, -0.2) is 4.98 Å². The summed E-state index contributed by atoms with van der Waals surface area (Å²) in [4.78, 5) is 50.6.